The van der Waals surface area contributed by atoms with Crippen LogP contribution < -0.4 is 37.2 Å². The number of rotatable bonds is 2. The molecular formula is C10H17Cl3PTi-2. The molecule has 0 aromatic rings. The van der Waals surface area contributed by atoms with E-state index < -0.39 is 0 Å². The van der Waals surface area contributed by atoms with E-state index in [0.29, 0.717) is 7.92 Å². The molecule has 0 amide bonds. The Labute approximate surface area is 130 Å². The van der Waals surface area contributed by atoms with E-state index in [9.17, 15) is 0 Å². The minimum absolute atomic E-state index is 0. The molecule has 0 saturated carbocycles. The van der Waals surface area contributed by atoms with Crippen LogP contribution in [0.4, 0.5) is 0 Å². The third kappa shape index (κ3) is 31.3. The van der Waals surface area contributed by atoms with E-state index in [1.54, 1.807) is 0 Å². The molecular weight excluding hydrogens is 305 g/mol. The van der Waals surface area contributed by atoms with E-state index in [0.717, 1.165) is 6.42 Å². The first-order chi connectivity index (χ1) is 5.27. The van der Waals surface area contributed by atoms with Gasteiger partial charge in [0.1, 0.15) is 0 Å². The van der Waals surface area contributed by atoms with Gasteiger partial charge in [-0.25, -0.2) is 12.2 Å². The Morgan fingerprint density at radius 1 is 1.27 bits per heavy atom. The van der Waals surface area contributed by atoms with Crippen molar-refractivity contribution in [3.63, 3.8) is 0 Å². The van der Waals surface area contributed by atoms with Crippen molar-refractivity contribution in [3.8, 4) is 0 Å². The van der Waals surface area contributed by atoms with E-state index in [4.69, 9.17) is 0 Å². The second kappa shape index (κ2) is 24.6. The van der Waals surface area contributed by atoms with Gasteiger partial charge in [-0.05, 0) is 13.3 Å². The Morgan fingerprint density at radius 2 is 1.80 bits per heavy atom. The van der Waals surface area contributed by atoms with Gasteiger partial charge in [0, 0.05) is 0 Å². The molecule has 1 aliphatic rings. The predicted octanol–water partition coefficient (Wildman–Crippen LogP) is -5.73. The molecule has 15 heavy (non-hydrogen) atoms. The van der Waals surface area contributed by atoms with Gasteiger partial charge in [-0.1, -0.05) is 0 Å². The van der Waals surface area contributed by atoms with Crippen molar-refractivity contribution in [2.45, 2.75) is 13.3 Å². The Bertz CT molecular complexity index is 129. The Hall–Kier alpha value is 1.49. The van der Waals surface area contributed by atoms with E-state index >= 15 is 0 Å². The summed E-state index contributed by atoms with van der Waals surface area (Å²) in [7, 11) is 0.344. The molecule has 0 aromatic heterocycles. The van der Waals surface area contributed by atoms with Crippen LogP contribution in [0.2, 0.25) is 0 Å². The fourth-order valence-electron chi connectivity index (χ4n) is 0.705. The van der Waals surface area contributed by atoms with Crippen molar-refractivity contribution in [2.24, 2.45) is 0 Å². The maximum atomic E-state index is 2.99. The summed E-state index contributed by atoms with van der Waals surface area (Å²) in [5.74, 6) is 0. The number of halogens is 3. The van der Waals surface area contributed by atoms with E-state index in [2.05, 4.69) is 38.8 Å². The Morgan fingerprint density at radius 3 is 1.87 bits per heavy atom. The quantitative estimate of drug-likeness (QED) is 0.270. The Kier molecular flexibility index (Phi) is 49.2. The minimum Gasteiger partial charge on any atom is -1.00 e. The van der Waals surface area contributed by atoms with Crippen LogP contribution in [0.15, 0.2) is 18.2 Å². The van der Waals surface area contributed by atoms with Crippen LogP contribution >= 0.6 is 7.92 Å². The van der Waals surface area contributed by atoms with Gasteiger partial charge in [0.2, 0.25) is 0 Å². The molecule has 0 saturated heterocycles. The summed E-state index contributed by atoms with van der Waals surface area (Å²) in [6.45, 7) is 6.69. The molecule has 0 aliphatic heterocycles. The van der Waals surface area contributed by atoms with Gasteiger partial charge in [0.15, 0.2) is 0 Å². The van der Waals surface area contributed by atoms with E-state index in [-0.39, 0.29) is 58.9 Å². The molecule has 0 bridgehead atoms. The molecule has 1 radical (unpaired) electrons. The van der Waals surface area contributed by atoms with Crippen LogP contribution in [0, 0.1) is 12.5 Å². The van der Waals surface area contributed by atoms with Crippen molar-refractivity contribution in [1.29, 1.82) is 0 Å². The second-order valence-corrected chi connectivity index (χ2v) is 5.20. The number of hydrogen-bond acceptors (Lipinski definition) is 0. The van der Waals surface area contributed by atoms with Crippen LogP contribution in [-0.2, 0) is 21.7 Å². The SMILES string of the molecule is C[CH-]CP(C)C.[C-]1=CC=CC1.[Cl-].[Cl-].[Cl-].[Ti+3]. The molecule has 1 aliphatic carbocycles. The largest absolute Gasteiger partial charge is 3.00 e. The van der Waals surface area contributed by atoms with Gasteiger partial charge in [-0.2, -0.15) is 19.2 Å². The topological polar surface area (TPSA) is 0 Å². The van der Waals surface area contributed by atoms with Crippen LogP contribution in [0.1, 0.15) is 13.3 Å². The van der Waals surface area contributed by atoms with Gasteiger partial charge in [-0.3, -0.25) is 6.08 Å². The van der Waals surface area contributed by atoms with Crippen LogP contribution in [0.5, 0.6) is 0 Å². The average Bonchev–Trinajstić information content (AvgIpc) is 2.41. The standard InChI is InChI=1S/C5H12P.C5H5.3ClH.Ti/c1-4-5-6(2)3;1-2-4-5-3-1;;;;/h4H,5H2,1-3H3;1-3H,4H2;3*1H;/q2*-1;;;;+3/p-3. The van der Waals surface area contributed by atoms with E-state index in [1.807, 2.05) is 12.2 Å². The Balaban J connectivity index is -0.0000000352. The maximum Gasteiger partial charge on any atom is 3.00 e. The normalized spacial score (nSPS) is 9.87. The van der Waals surface area contributed by atoms with Crippen molar-refractivity contribution < 1.29 is 58.9 Å². The van der Waals surface area contributed by atoms with Crippen LogP contribution in [-0.4, -0.2) is 19.5 Å². The summed E-state index contributed by atoms with van der Waals surface area (Å²) >= 11 is 0. The van der Waals surface area contributed by atoms with Crippen molar-refractivity contribution >= 4 is 7.92 Å². The molecule has 0 N–H and O–H groups in total. The summed E-state index contributed by atoms with van der Waals surface area (Å²) in [6.07, 6.45) is 13.5. The monoisotopic (exact) mass is 321 g/mol. The van der Waals surface area contributed by atoms with E-state index in [1.165, 1.54) is 6.16 Å². The fraction of sp³-hybridized carbons (Fsp3) is 0.500. The molecule has 0 aromatic carbocycles. The smallest absolute Gasteiger partial charge is 1.00 e. The first-order valence-corrected chi connectivity index (χ1v) is 6.33. The maximum absolute atomic E-state index is 2.99. The summed E-state index contributed by atoms with van der Waals surface area (Å²) in [5, 5.41) is 0. The average molecular weight is 322 g/mol. The van der Waals surface area contributed by atoms with Gasteiger partial charge in [-0.15, -0.1) is 14.3 Å². The molecule has 0 nitrogen and oxygen atoms in total. The zero-order valence-electron chi connectivity index (χ0n) is 9.30. The van der Waals surface area contributed by atoms with Crippen LogP contribution in [0.25, 0.3) is 0 Å². The zero-order chi connectivity index (χ0) is 8.53. The third-order valence-electron chi connectivity index (χ3n) is 1.13. The van der Waals surface area contributed by atoms with Gasteiger partial charge < -0.3 is 43.6 Å². The molecule has 0 atom stereocenters. The van der Waals surface area contributed by atoms with Crippen molar-refractivity contribution in [3.05, 3.63) is 30.7 Å². The third-order valence-corrected chi connectivity index (χ3v) is 2.23. The van der Waals surface area contributed by atoms with Gasteiger partial charge >= 0.3 is 21.7 Å². The molecule has 1 rings (SSSR count). The summed E-state index contributed by atoms with van der Waals surface area (Å²) in [5.41, 5.74) is 0. The summed E-state index contributed by atoms with van der Waals surface area (Å²) in [6, 6.07) is 0. The molecule has 5 heteroatoms. The fourth-order valence-corrected chi connectivity index (χ4v) is 1.44. The predicted molar refractivity (Wildman–Crippen MR) is 55.2 cm³/mol. The first kappa shape index (κ1) is 30.0. The molecule has 0 unspecified atom stereocenters. The number of allylic oxidation sites excluding steroid dienone is 4. The first-order valence-electron chi connectivity index (χ1n) is 3.91. The summed E-state index contributed by atoms with van der Waals surface area (Å²) in [4.78, 5) is 0. The van der Waals surface area contributed by atoms with Gasteiger partial charge in [0.25, 0.3) is 0 Å². The molecule has 0 fully saturated rings. The molecule has 0 heterocycles. The number of hydrogen-bond donors (Lipinski definition) is 0. The van der Waals surface area contributed by atoms with Crippen molar-refractivity contribution in [1.82, 2.24) is 0 Å². The molecule has 89 valence electrons. The summed E-state index contributed by atoms with van der Waals surface area (Å²) < 4.78 is 0. The molecule has 0 spiro atoms. The van der Waals surface area contributed by atoms with Crippen LogP contribution in [0.3, 0.4) is 0 Å². The zero-order valence-corrected chi connectivity index (χ0v) is 14.0. The van der Waals surface area contributed by atoms with Crippen molar-refractivity contribution in [2.75, 3.05) is 19.5 Å². The minimum atomic E-state index is 0. The van der Waals surface area contributed by atoms with Gasteiger partial charge in [0.05, 0.1) is 0 Å². The second-order valence-electron chi connectivity index (χ2n) is 2.67.